The molecule has 2 aromatic carbocycles. The highest BCUT2D eigenvalue weighted by atomic mass is 35.5. The molecule has 208 valence electrons. The Kier molecular flexibility index (Phi) is 6.78. The molecule has 0 radical (unpaired) electrons. The molecule has 4 aromatic rings. The lowest BCUT2D eigenvalue weighted by Crippen LogP contribution is -2.62. The van der Waals surface area contributed by atoms with Crippen molar-refractivity contribution in [3.8, 4) is 6.07 Å². The first-order chi connectivity index (χ1) is 19.7. The van der Waals surface area contributed by atoms with Gasteiger partial charge in [-0.25, -0.2) is 13.8 Å². The third-order valence-corrected chi connectivity index (χ3v) is 7.22. The van der Waals surface area contributed by atoms with Crippen LogP contribution < -0.4 is 21.6 Å². The van der Waals surface area contributed by atoms with Gasteiger partial charge < -0.3 is 20.8 Å². The molecule has 0 saturated carbocycles. The van der Waals surface area contributed by atoms with Crippen LogP contribution in [0.2, 0.25) is 5.02 Å². The second-order valence-electron chi connectivity index (χ2n) is 9.94. The van der Waals surface area contributed by atoms with Crippen LogP contribution in [0.15, 0.2) is 66.8 Å². The van der Waals surface area contributed by atoms with Gasteiger partial charge in [-0.3, -0.25) is 9.99 Å². The number of nitriles is 1. The van der Waals surface area contributed by atoms with Gasteiger partial charge >= 0.3 is 0 Å². The second kappa shape index (κ2) is 10.4. The summed E-state index contributed by atoms with van der Waals surface area (Å²) in [5, 5.41) is 18.8. The molecule has 41 heavy (non-hydrogen) atoms. The summed E-state index contributed by atoms with van der Waals surface area (Å²) >= 11 is 6.65. The maximum absolute atomic E-state index is 13.9. The Bertz CT molecular complexity index is 1720. The van der Waals surface area contributed by atoms with Crippen LogP contribution in [0, 0.1) is 28.9 Å². The van der Waals surface area contributed by atoms with E-state index in [1.165, 1.54) is 18.3 Å². The zero-order valence-electron chi connectivity index (χ0n) is 21.5. The Hall–Kier alpha value is -4.57. The number of hydrogen-bond acceptors (Lipinski definition) is 9. The summed E-state index contributed by atoms with van der Waals surface area (Å²) in [6, 6.07) is 12.0. The Labute approximate surface area is 237 Å². The van der Waals surface area contributed by atoms with E-state index in [1.807, 2.05) is 11.2 Å². The zero-order chi connectivity index (χ0) is 28.7. The maximum Gasteiger partial charge on any atom is 0.249 e. The minimum absolute atomic E-state index is 0.131. The molecule has 4 heterocycles. The normalized spacial score (nSPS) is 16.4. The molecule has 0 bridgehead atoms. The van der Waals surface area contributed by atoms with E-state index >= 15 is 0 Å². The van der Waals surface area contributed by atoms with Crippen molar-refractivity contribution >= 4 is 39.6 Å². The lowest BCUT2D eigenvalue weighted by molar-refractivity contribution is -0.129. The van der Waals surface area contributed by atoms with Gasteiger partial charge in [0, 0.05) is 29.5 Å². The Morgan fingerprint density at radius 2 is 1.88 bits per heavy atom. The minimum atomic E-state index is -1.24. The van der Waals surface area contributed by atoms with Crippen LogP contribution in [0.3, 0.4) is 0 Å². The van der Waals surface area contributed by atoms with E-state index in [-0.39, 0.29) is 33.3 Å². The summed E-state index contributed by atoms with van der Waals surface area (Å²) in [4.78, 5) is 7.74. The number of benzene rings is 2. The predicted molar refractivity (Wildman–Crippen MR) is 147 cm³/mol. The highest BCUT2D eigenvalue weighted by Gasteiger charge is 2.41. The fourth-order valence-electron chi connectivity index (χ4n) is 4.66. The van der Waals surface area contributed by atoms with Gasteiger partial charge in [-0.05, 0) is 36.8 Å². The minimum Gasteiger partial charge on any atom is -0.376 e. The van der Waals surface area contributed by atoms with Crippen LogP contribution in [0.25, 0.3) is 10.9 Å². The van der Waals surface area contributed by atoms with Crippen molar-refractivity contribution in [2.24, 2.45) is 0 Å². The average Bonchev–Trinajstić information content (AvgIpc) is 3.44. The van der Waals surface area contributed by atoms with Gasteiger partial charge in [0.15, 0.2) is 5.82 Å². The highest BCUT2D eigenvalue weighted by molar-refractivity contribution is 6.36. The monoisotopic (exact) mass is 578 g/mol. The molecular formula is C28H22ClF3N8O. The molecule has 0 spiro atoms. The van der Waals surface area contributed by atoms with E-state index in [1.54, 1.807) is 24.3 Å². The molecule has 2 aliphatic heterocycles. The van der Waals surface area contributed by atoms with Crippen LogP contribution >= 0.6 is 11.6 Å². The van der Waals surface area contributed by atoms with Crippen LogP contribution in [0.1, 0.15) is 24.1 Å². The smallest absolute Gasteiger partial charge is 0.249 e. The largest absolute Gasteiger partial charge is 0.376 e. The van der Waals surface area contributed by atoms with Gasteiger partial charge in [0.2, 0.25) is 5.95 Å². The van der Waals surface area contributed by atoms with Crippen molar-refractivity contribution in [3.05, 3.63) is 100 Å². The third kappa shape index (κ3) is 5.06. The van der Waals surface area contributed by atoms with Gasteiger partial charge in [-0.2, -0.15) is 9.65 Å². The summed E-state index contributed by atoms with van der Waals surface area (Å²) in [5.41, 5.74) is 9.13. The summed E-state index contributed by atoms with van der Waals surface area (Å²) in [6.45, 7) is 3.17. The van der Waals surface area contributed by atoms with Crippen molar-refractivity contribution in [1.82, 2.24) is 25.9 Å². The summed E-state index contributed by atoms with van der Waals surface area (Å²) in [5.74, 6) is -2.75. The van der Waals surface area contributed by atoms with Gasteiger partial charge in [0.1, 0.15) is 17.4 Å². The number of hydrogen-bond donors (Lipinski definition) is 4. The molecule has 1 saturated heterocycles. The number of nitrogens with zero attached hydrogens (tertiary/aromatic N) is 4. The molecular weight excluding hydrogens is 557 g/mol. The summed E-state index contributed by atoms with van der Waals surface area (Å²) in [7, 11) is 0. The van der Waals surface area contributed by atoms with E-state index in [2.05, 4.69) is 44.6 Å². The van der Waals surface area contributed by atoms with Gasteiger partial charge in [-0.1, -0.05) is 23.7 Å². The number of rotatable bonds is 7. The highest BCUT2D eigenvalue weighted by Crippen LogP contribution is 2.37. The van der Waals surface area contributed by atoms with Crippen molar-refractivity contribution in [2.75, 3.05) is 23.8 Å². The second-order valence-corrected chi connectivity index (χ2v) is 10.4. The number of pyridine rings is 2. The number of aromatic nitrogens is 2. The van der Waals surface area contributed by atoms with E-state index in [4.69, 9.17) is 16.3 Å². The van der Waals surface area contributed by atoms with Crippen LogP contribution in [0.5, 0.6) is 0 Å². The number of ether oxygens (including phenoxy) is 1. The molecule has 0 aliphatic carbocycles. The molecule has 4 N–H and O–H groups in total. The Morgan fingerprint density at radius 3 is 2.56 bits per heavy atom. The van der Waals surface area contributed by atoms with Gasteiger partial charge in [0.25, 0.3) is 0 Å². The molecule has 6 rings (SSSR count). The fraction of sp³-hybridized carbons (Fsp3) is 0.179. The predicted octanol–water partition coefficient (Wildman–Crippen LogP) is 5.42. The summed E-state index contributed by atoms with van der Waals surface area (Å²) < 4.78 is 46.5. The van der Waals surface area contributed by atoms with Crippen molar-refractivity contribution < 1.29 is 17.9 Å². The van der Waals surface area contributed by atoms with Crippen LogP contribution in [0.4, 0.5) is 30.2 Å². The van der Waals surface area contributed by atoms with Crippen LogP contribution in [-0.4, -0.2) is 33.7 Å². The zero-order valence-corrected chi connectivity index (χ0v) is 22.2. The molecule has 1 atom stereocenters. The lowest BCUT2D eigenvalue weighted by atomic mass is 9.99. The SMILES string of the molecule is CC1(N2C=C([C@@H](Nc3cc(Cl)c4ncc(C#N)c(Nc5cnc(F)c(F)c5)c4c3)c3ccc(F)cc3)NN2)COC1. The first-order valence-corrected chi connectivity index (χ1v) is 12.8. The van der Waals surface area contributed by atoms with Crippen molar-refractivity contribution in [1.29, 1.82) is 5.26 Å². The number of halogens is 4. The molecule has 0 unspecified atom stereocenters. The first kappa shape index (κ1) is 26.6. The maximum atomic E-state index is 13.9. The molecule has 2 aliphatic rings. The van der Waals surface area contributed by atoms with Gasteiger partial charge in [-0.15, -0.1) is 5.53 Å². The van der Waals surface area contributed by atoms with Crippen LogP contribution in [-0.2, 0) is 4.74 Å². The van der Waals surface area contributed by atoms with E-state index in [0.29, 0.717) is 29.8 Å². The topological polar surface area (TPSA) is 110 Å². The first-order valence-electron chi connectivity index (χ1n) is 12.5. The van der Waals surface area contributed by atoms with Crippen molar-refractivity contribution in [2.45, 2.75) is 18.5 Å². The number of anilines is 3. The average molecular weight is 579 g/mol. The number of hydrazine groups is 2. The summed E-state index contributed by atoms with van der Waals surface area (Å²) in [6.07, 6.45) is 4.38. The number of nitrogens with one attached hydrogen (secondary N) is 4. The van der Waals surface area contributed by atoms with E-state index in [9.17, 15) is 18.4 Å². The standard InChI is InChI=1S/C28H22ClF3N8O/c1-28(13-41-14-28)40-12-23(38-39-40)25(15-2-4-17(30)5-3-15)36-18-6-20-24(37-19-8-22(31)27(32)35-11-19)16(9-33)10-34-26(20)21(29)7-18/h2-8,10-12,25,36,38-39H,13-14H2,1H3,(H,34,37)/t25-/m0/s1. The van der Waals surface area contributed by atoms with Gasteiger partial charge in [0.05, 0.1) is 58.6 Å². The Balaban J connectivity index is 1.41. The van der Waals surface area contributed by atoms with Crippen molar-refractivity contribution in [3.63, 3.8) is 0 Å². The van der Waals surface area contributed by atoms with E-state index < -0.39 is 17.8 Å². The number of fused-ring (bicyclic) bond motifs is 1. The Morgan fingerprint density at radius 1 is 1.10 bits per heavy atom. The molecule has 1 fully saturated rings. The third-order valence-electron chi connectivity index (χ3n) is 6.93. The molecule has 2 aromatic heterocycles. The van der Waals surface area contributed by atoms with E-state index in [0.717, 1.165) is 23.5 Å². The molecule has 9 nitrogen and oxygen atoms in total. The lowest BCUT2D eigenvalue weighted by Gasteiger charge is -2.44. The molecule has 0 amide bonds. The molecule has 13 heteroatoms. The fourth-order valence-corrected chi connectivity index (χ4v) is 4.93. The quantitative estimate of drug-likeness (QED) is 0.214.